The molecule has 1 atom stereocenters. The van der Waals surface area contributed by atoms with Gasteiger partial charge in [-0.1, -0.05) is 39.2 Å². The van der Waals surface area contributed by atoms with Crippen LogP contribution in [0.5, 0.6) is 0 Å². The van der Waals surface area contributed by atoms with E-state index in [0.717, 1.165) is 12.2 Å². The van der Waals surface area contributed by atoms with E-state index in [4.69, 9.17) is 0 Å². The summed E-state index contributed by atoms with van der Waals surface area (Å²) in [5.74, 6) is 0. The maximum absolute atomic E-state index is 4.33. The molecule has 0 saturated heterocycles. The van der Waals surface area contributed by atoms with E-state index in [1.807, 2.05) is 18.3 Å². The fourth-order valence-corrected chi connectivity index (χ4v) is 1.90. The molecule has 0 aliphatic rings. The Morgan fingerprint density at radius 2 is 2.06 bits per heavy atom. The standard InChI is InChI=1S/C14H24N2/c1-3-5-9-13(8-4-2)16-12-14-10-6-7-11-15-14/h6-7,10-11,13,16H,3-5,8-9,12H2,1-2H3. The number of hydrogen-bond donors (Lipinski definition) is 1. The van der Waals surface area contributed by atoms with Gasteiger partial charge < -0.3 is 5.32 Å². The normalized spacial score (nSPS) is 12.6. The van der Waals surface area contributed by atoms with Crippen molar-refractivity contribution < 1.29 is 0 Å². The first-order valence-corrected chi connectivity index (χ1v) is 6.50. The maximum atomic E-state index is 4.33. The Balaban J connectivity index is 2.31. The van der Waals surface area contributed by atoms with Gasteiger partial charge in [0.05, 0.1) is 5.69 Å². The molecule has 0 aliphatic heterocycles. The van der Waals surface area contributed by atoms with Gasteiger partial charge in [0.2, 0.25) is 0 Å². The van der Waals surface area contributed by atoms with Crippen molar-refractivity contribution in [1.82, 2.24) is 10.3 Å². The Morgan fingerprint density at radius 3 is 2.69 bits per heavy atom. The monoisotopic (exact) mass is 220 g/mol. The van der Waals surface area contributed by atoms with E-state index in [9.17, 15) is 0 Å². The summed E-state index contributed by atoms with van der Waals surface area (Å²) in [6, 6.07) is 6.75. The molecule has 0 aliphatic carbocycles. The molecule has 0 spiro atoms. The molecule has 0 bridgehead atoms. The number of rotatable bonds is 8. The lowest BCUT2D eigenvalue weighted by atomic mass is 10.1. The molecule has 0 radical (unpaired) electrons. The summed E-state index contributed by atoms with van der Waals surface area (Å²) in [5.41, 5.74) is 1.14. The number of hydrogen-bond acceptors (Lipinski definition) is 2. The number of pyridine rings is 1. The molecule has 1 aromatic heterocycles. The van der Waals surface area contributed by atoms with E-state index in [1.165, 1.54) is 32.1 Å². The summed E-state index contributed by atoms with van der Waals surface area (Å²) < 4.78 is 0. The second kappa shape index (κ2) is 8.28. The Morgan fingerprint density at radius 1 is 1.19 bits per heavy atom. The van der Waals surface area contributed by atoms with Gasteiger partial charge in [-0.15, -0.1) is 0 Å². The average Bonchev–Trinajstić information content (AvgIpc) is 2.34. The van der Waals surface area contributed by atoms with Gasteiger partial charge in [0, 0.05) is 18.8 Å². The van der Waals surface area contributed by atoms with E-state index in [0.29, 0.717) is 6.04 Å². The lowest BCUT2D eigenvalue weighted by Gasteiger charge is -2.17. The van der Waals surface area contributed by atoms with Crippen molar-refractivity contribution in [2.75, 3.05) is 0 Å². The van der Waals surface area contributed by atoms with Crippen molar-refractivity contribution >= 4 is 0 Å². The molecule has 16 heavy (non-hydrogen) atoms. The van der Waals surface area contributed by atoms with Crippen LogP contribution >= 0.6 is 0 Å². The third kappa shape index (κ3) is 5.26. The van der Waals surface area contributed by atoms with Crippen LogP contribution in [0, 0.1) is 0 Å². The van der Waals surface area contributed by atoms with Crippen LogP contribution < -0.4 is 5.32 Å². The van der Waals surface area contributed by atoms with Crippen LogP contribution in [0.2, 0.25) is 0 Å². The molecule has 1 N–H and O–H groups in total. The third-order valence-electron chi connectivity index (χ3n) is 2.84. The number of aromatic nitrogens is 1. The molecular weight excluding hydrogens is 196 g/mol. The van der Waals surface area contributed by atoms with Gasteiger partial charge in [0.15, 0.2) is 0 Å². The molecule has 2 nitrogen and oxygen atoms in total. The van der Waals surface area contributed by atoms with Gasteiger partial charge in [-0.3, -0.25) is 4.98 Å². The van der Waals surface area contributed by atoms with Crippen molar-refractivity contribution in [3.8, 4) is 0 Å². The summed E-state index contributed by atoms with van der Waals surface area (Å²) in [5, 5.41) is 3.61. The first-order valence-electron chi connectivity index (χ1n) is 6.50. The van der Waals surface area contributed by atoms with Crippen LogP contribution in [0.3, 0.4) is 0 Å². The molecule has 1 aromatic rings. The van der Waals surface area contributed by atoms with E-state index >= 15 is 0 Å². The van der Waals surface area contributed by atoms with Crippen molar-refractivity contribution in [2.24, 2.45) is 0 Å². The fourth-order valence-electron chi connectivity index (χ4n) is 1.90. The van der Waals surface area contributed by atoms with E-state index in [1.54, 1.807) is 0 Å². The van der Waals surface area contributed by atoms with Crippen LogP contribution in [0.15, 0.2) is 24.4 Å². The smallest absolute Gasteiger partial charge is 0.0541 e. The zero-order valence-corrected chi connectivity index (χ0v) is 10.6. The van der Waals surface area contributed by atoms with Gasteiger partial charge in [0.1, 0.15) is 0 Å². The molecule has 0 fully saturated rings. The number of nitrogens with one attached hydrogen (secondary N) is 1. The summed E-state index contributed by atoms with van der Waals surface area (Å²) in [6.07, 6.45) is 8.27. The lowest BCUT2D eigenvalue weighted by molar-refractivity contribution is 0.432. The molecular formula is C14H24N2. The Hall–Kier alpha value is -0.890. The summed E-state index contributed by atoms with van der Waals surface area (Å²) in [6.45, 7) is 5.40. The fraction of sp³-hybridized carbons (Fsp3) is 0.643. The number of unbranched alkanes of at least 4 members (excludes halogenated alkanes) is 1. The van der Waals surface area contributed by atoms with Gasteiger partial charge in [-0.25, -0.2) is 0 Å². The molecule has 0 amide bonds. The highest BCUT2D eigenvalue weighted by Gasteiger charge is 2.06. The third-order valence-corrected chi connectivity index (χ3v) is 2.84. The van der Waals surface area contributed by atoms with E-state index in [2.05, 4.69) is 30.2 Å². The zero-order chi connectivity index (χ0) is 11.6. The lowest BCUT2D eigenvalue weighted by Crippen LogP contribution is -2.28. The first kappa shape index (κ1) is 13.2. The highest BCUT2D eigenvalue weighted by atomic mass is 14.9. The van der Waals surface area contributed by atoms with Gasteiger partial charge in [-0.05, 0) is 25.0 Å². The predicted molar refractivity (Wildman–Crippen MR) is 69.3 cm³/mol. The minimum absolute atomic E-state index is 0.659. The molecule has 90 valence electrons. The predicted octanol–water partition coefficient (Wildman–Crippen LogP) is 3.53. The first-order chi connectivity index (χ1) is 7.86. The molecule has 0 aromatic carbocycles. The van der Waals surface area contributed by atoms with Gasteiger partial charge >= 0.3 is 0 Å². The summed E-state index contributed by atoms with van der Waals surface area (Å²) in [7, 11) is 0. The summed E-state index contributed by atoms with van der Waals surface area (Å²) >= 11 is 0. The quantitative estimate of drug-likeness (QED) is 0.725. The Labute approximate surface area is 99.5 Å². The Kier molecular flexibility index (Phi) is 6.82. The minimum atomic E-state index is 0.659. The second-order valence-electron chi connectivity index (χ2n) is 4.33. The molecule has 1 rings (SSSR count). The zero-order valence-electron chi connectivity index (χ0n) is 10.6. The van der Waals surface area contributed by atoms with Gasteiger partial charge in [-0.2, -0.15) is 0 Å². The second-order valence-corrected chi connectivity index (χ2v) is 4.33. The van der Waals surface area contributed by atoms with Crippen molar-refractivity contribution in [3.63, 3.8) is 0 Å². The van der Waals surface area contributed by atoms with Crippen molar-refractivity contribution in [3.05, 3.63) is 30.1 Å². The molecule has 1 unspecified atom stereocenters. The maximum Gasteiger partial charge on any atom is 0.0541 e. The van der Waals surface area contributed by atoms with Crippen LogP contribution in [-0.2, 0) is 6.54 Å². The minimum Gasteiger partial charge on any atom is -0.308 e. The summed E-state index contributed by atoms with van der Waals surface area (Å²) in [4.78, 5) is 4.33. The highest BCUT2D eigenvalue weighted by Crippen LogP contribution is 2.07. The van der Waals surface area contributed by atoms with Crippen LogP contribution in [0.25, 0.3) is 0 Å². The van der Waals surface area contributed by atoms with Gasteiger partial charge in [0.25, 0.3) is 0 Å². The van der Waals surface area contributed by atoms with E-state index < -0.39 is 0 Å². The van der Waals surface area contributed by atoms with Crippen LogP contribution in [-0.4, -0.2) is 11.0 Å². The SMILES string of the molecule is CCCCC(CCC)NCc1ccccn1. The molecule has 0 saturated carbocycles. The highest BCUT2D eigenvalue weighted by molar-refractivity contribution is 5.03. The van der Waals surface area contributed by atoms with Crippen LogP contribution in [0.1, 0.15) is 51.6 Å². The largest absolute Gasteiger partial charge is 0.308 e. The topological polar surface area (TPSA) is 24.9 Å². The molecule has 1 heterocycles. The van der Waals surface area contributed by atoms with E-state index in [-0.39, 0.29) is 0 Å². The van der Waals surface area contributed by atoms with Crippen LogP contribution in [0.4, 0.5) is 0 Å². The average molecular weight is 220 g/mol. The van der Waals surface area contributed by atoms with Crippen molar-refractivity contribution in [1.29, 1.82) is 0 Å². The number of nitrogens with zero attached hydrogens (tertiary/aromatic N) is 1. The molecule has 2 heteroatoms. The Bertz CT molecular complexity index is 259. The van der Waals surface area contributed by atoms with Crippen molar-refractivity contribution in [2.45, 2.75) is 58.5 Å².